The molecule has 2 N–H and O–H groups in total. The molecule has 2 rings (SSSR count). The van der Waals surface area contributed by atoms with Gasteiger partial charge in [-0.15, -0.1) is 0 Å². The minimum Gasteiger partial charge on any atom is -0.376 e. The third-order valence-corrected chi connectivity index (χ3v) is 4.44. The lowest BCUT2D eigenvalue weighted by atomic mass is 9.88. The molecule has 3 heteroatoms. The molecule has 0 aromatic rings. The molecule has 3 unspecified atom stereocenters. The fourth-order valence-electron chi connectivity index (χ4n) is 3.53. The summed E-state index contributed by atoms with van der Waals surface area (Å²) < 4.78 is 5.56. The summed E-state index contributed by atoms with van der Waals surface area (Å²) in [5.74, 6) is 0.835. The summed E-state index contributed by atoms with van der Waals surface area (Å²) in [5, 5.41) is 7.43. The second-order valence-corrected chi connectivity index (χ2v) is 6.22. The van der Waals surface area contributed by atoms with Gasteiger partial charge in [-0.3, -0.25) is 0 Å². The van der Waals surface area contributed by atoms with Crippen molar-refractivity contribution in [3.8, 4) is 0 Å². The third kappa shape index (κ3) is 4.90. The summed E-state index contributed by atoms with van der Waals surface area (Å²) in [6, 6.07) is 1.45. The van der Waals surface area contributed by atoms with Gasteiger partial charge < -0.3 is 15.4 Å². The number of hydrogen-bond donors (Lipinski definition) is 2. The largest absolute Gasteiger partial charge is 0.376 e. The highest BCUT2D eigenvalue weighted by Gasteiger charge is 2.33. The molecule has 2 fully saturated rings. The molecule has 0 amide bonds. The first-order chi connectivity index (χ1) is 9.27. The van der Waals surface area contributed by atoms with Crippen LogP contribution >= 0.6 is 0 Å². The van der Waals surface area contributed by atoms with E-state index in [2.05, 4.69) is 17.2 Å². The Morgan fingerprint density at radius 3 is 2.89 bits per heavy atom. The van der Waals surface area contributed by atoms with Crippen LogP contribution < -0.4 is 10.6 Å². The van der Waals surface area contributed by atoms with Crippen molar-refractivity contribution in [3.63, 3.8) is 0 Å². The van der Waals surface area contributed by atoms with Crippen LogP contribution in [0.5, 0.6) is 0 Å². The Labute approximate surface area is 118 Å². The molecule has 1 heterocycles. The van der Waals surface area contributed by atoms with Crippen molar-refractivity contribution < 1.29 is 4.74 Å². The Bertz CT molecular complexity index is 274. The first-order valence-corrected chi connectivity index (χ1v) is 7.96. The van der Waals surface area contributed by atoms with Crippen LogP contribution in [0.1, 0.15) is 45.4 Å². The maximum Gasteiger partial charge on any atom is 0.0672 e. The zero-order valence-corrected chi connectivity index (χ0v) is 12.4. The molecule has 0 bridgehead atoms. The van der Waals surface area contributed by atoms with Gasteiger partial charge in [-0.2, -0.15) is 0 Å². The zero-order valence-electron chi connectivity index (χ0n) is 12.4. The van der Waals surface area contributed by atoms with Gasteiger partial charge in [-0.05, 0) is 45.1 Å². The highest BCUT2D eigenvalue weighted by atomic mass is 16.5. The topological polar surface area (TPSA) is 33.3 Å². The average molecular weight is 266 g/mol. The standard InChI is InChI=1S/C16H30N2O/c1-13(2)12-19-11-10-18-16-8-5-6-14(16)15-7-3-4-9-17-15/h14-18H,1,3-12H2,2H3. The maximum atomic E-state index is 5.56. The Hall–Kier alpha value is -0.380. The summed E-state index contributed by atoms with van der Waals surface area (Å²) in [5.41, 5.74) is 1.10. The molecule has 0 aromatic heterocycles. The molecule has 3 nitrogen and oxygen atoms in total. The highest BCUT2D eigenvalue weighted by Crippen LogP contribution is 2.31. The molecule has 2 aliphatic rings. The van der Waals surface area contributed by atoms with Crippen LogP contribution in [0.4, 0.5) is 0 Å². The van der Waals surface area contributed by atoms with E-state index in [9.17, 15) is 0 Å². The van der Waals surface area contributed by atoms with Crippen LogP contribution in [-0.2, 0) is 4.74 Å². The number of rotatable bonds is 7. The van der Waals surface area contributed by atoms with E-state index in [-0.39, 0.29) is 0 Å². The fraction of sp³-hybridized carbons (Fsp3) is 0.875. The van der Waals surface area contributed by atoms with E-state index in [0.29, 0.717) is 12.6 Å². The third-order valence-electron chi connectivity index (χ3n) is 4.44. The normalized spacial score (nSPS) is 31.5. The molecule has 1 saturated heterocycles. The molecular formula is C16H30N2O. The first kappa shape index (κ1) is 15.0. The van der Waals surface area contributed by atoms with Gasteiger partial charge in [0.05, 0.1) is 13.2 Å². The Morgan fingerprint density at radius 2 is 2.16 bits per heavy atom. The molecule has 3 atom stereocenters. The van der Waals surface area contributed by atoms with Gasteiger partial charge in [0, 0.05) is 18.6 Å². The van der Waals surface area contributed by atoms with Gasteiger partial charge in [0.1, 0.15) is 0 Å². The Morgan fingerprint density at radius 1 is 1.26 bits per heavy atom. The summed E-state index contributed by atoms with van der Waals surface area (Å²) in [7, 11) is 0. The first-order valence-electron chi connectivity index (χ1n) is 7.96. The van der Waals surface area contributed by atoms with Crippen molar-refractivity contribution in [2.24, 2.45) is 5.92 Å². The van der Waals surface area contributed by atoms with Crippen LogP contribution in [0.15, 0.2) is 12.2 Å². The van der Waals surface area contributed by atoms with Crippen molar-refractivity contribution in [2.75, 3.05) is 26.3 Å². The van der Waals surface area contributed by atoms with Gasteiger partial charge in [-0.25, -0.2) is 0 Å². The van der Waals surface area contributed by atoms with Gasteiger partial charge in [-0.1, -0.05) is 25.0 Å². The number of ether oxygens (including phenoxy) is 1. The van der Waals surface area contributed by atoms with Gasteiger partial charge >= 0.3 is 0 Å². The van der Waals surface area contributed by atoms with Gasteiger partial charge in [0.2, 0.25) is 0 Å². The van der Waals surface area contributed by atoms with Crippen molar-refractivity contribution >= 4 is 0 Å². The SMILES string of the molecule is C=C(C)COCCNC1CCCC1C1CCCCN1. The van der Waals surface area contributed by atoms with Crippen molar-refractivity contribution in [2.45, 2.75) is 57.5 Å². The van der Waals surface area contributed by atoms with E-state index < -0.39 is 0 Å². The number of piperidine rings is 1. The van der Waals surface area contributed by atoms with Crippen LogP contribution in [0, 0.1) is 5.92 Å². The number of hydrogen-bond acceptors (Lipinski definition) is 3. The summed E-state index contributed by atoms with van der Waals surface area (Å²) >= 11 is 0. The Balaban J connectivity index is 1.65. The van der Waals surface area contributed by atoms with Gasteiger partial charge in [0.25, 0.3) is 0 Å². The lowest BCUT2D eigenvalue weighted by molar-refractivity contribution is 0.150. The van der Waals surface area contributed by atoms with Gasteiger partial charge in [0.15, 0.2) is 0 Å². The molecule has 0 spiro atoms. The molecule has 0 aromatic carbocycles. The van der Waals surface area contributed by atoms with E-state index in [1.54, 1.807) is 0 Å². The van der Waals surface area contributed by atoms with Crippen molar-refractivity contribution in [3.05, 3.63) is 12.2 Å². The van der Waals surface area contributed by atoms with Crippen LogP contribution in [0.25, 0.3) is 0 Å². The van der Waals surface area contributed by atoms with Crippen molar-refractivity contribution in [1.82, 2.24) is 10.6 Å². The molecule has 110 valence electrons. The van der Waals surface area contributed by atoms with Crippen LogP contribution in [0.2, 0.25) is 0 Å². The maximum absolute atomic E-state index is 5.56. The lowest BCUT2D eigenvalue weighted by Gasteiger charge is -2.33. The van der Waals surface area contributed by atoms with Crippen LogP contribution in [-0.4, -0.2) is 38.4 Å². The second kappa shape index (κ2) is 8.03. The number of nitrogens with one attached hydrogen (secondary N) is 2. The monoisotopic (exact) mass is 266 g/mol. The quantitative estimate of drug-likeness (QED) is 0.548. The summed E-state index contributed by atoms with van der Waals surface area (Å²) in [6.07, 6.45) is 8.24. The minimum atomic E-state index is 0.694. The average Bonchev–Trinajstić information content (AvgIpc) is 2.87. The highest BCUT2D eigenvalue weighted by molar-refractivity contribution is 4.92. The smallest absolute Gasteiger partial charge is 0.0672 e. The van der Waals surface area contributed by atoms with E-state index in [4.69, 9.17) is 4.74 Å². The molecule has 0 radical (unpaired) electrons. The van der Waals surface area contributed by atoms with E-state index in [1.807, 2.05) is 6.92 Å². The van der Waals surface area contributed by atoms with E-state index in [0.717, 1.165) is 30.7 Å². The predicted molar refractivity (Wildman–Crippen MR) is 80.4 cm³/mol. The summed E-state index contributed by atoms with van der Waals surface area (Å²) in [6.45, 7) is 9.54. The Kier molecular flexibility index (Phi) is 6.35. The predicted octanol–water partition coefficient (Wildman–Crippen LogP) is 2.48. The second-order valence-electron chi connectivity index (χ2n) is 6.22. The lowest BCUT2D eigenvalue weighted by Crippen LogP contribution is -2.47. The molecular weight excluding hydrogens is 236 g/mol. The zero-order chi connectivity index (χ0) is 13.5. The van der Waals surface area contributed by atoms with E-state index >= 15 is 0 Å². The van der Waals surface area contributed by atoms with Crippen molar-refractivity contribution in [1.29, 1.82) is 0 Å². The molecule has 1 aliphatic heterocycles. The summed E-state index contributed by atoms with van der Waals surface area (Å²) in [4.78, 5) is 0. The minimum absolute atomic E-state index is 0.694. The van der Waals surface area contributed by atoms with E-state index in [1.165, 1.54) is 45.1 Å². The molecule has 1 saturated carbocycles. The fourth-order valence-corrected chi connectivity index (χ4v) is 3.53. The molecule has 1 aliphatic carbocycles. The van der Waals surface area contributed by atoms with Crippen LogP contribution in [0.3, 0.4) is 0 Å². The molecule has 19 heavy (non-hydrogen) atoms.